The SMILES string of the molecule is COc1ccc(C)c2c1NC(=O)CC2CCN. The van der Waals surface area contributed by atoms with Gasteiger partial charge in [0.15, 0.2) is 0 Å². The summed E-state index contributed by atoms with van der Waals surface area (Å²) in [5, 5.41) is 2.90. The van der Waals surface area contributed by atoms with Crippen LogP contribution in [0.1, 0.15) is 29.9 Å². The summed E-state index contributed by atoms with van der Waals surface area (Å²) in [5.41, 5.74) is 8.80. The molecule has 0 bridgehead atoms. The number of aryl methyl sites for hydroxylation is 1. The van der Waals surface area contributed by atoms with Crippen LogP contribution in [0.4, 0.5) is 5.69 Å². The van der Waals surface area contributed by atoms with Crippen molar-refractivity contribution in [2.45, 2.75) is 25.7 Å². The van der Waals surface area contributed by atoms with Crippen LogP contribution in [0.2, 0.25) is 0 Å². The van der Waals surface area contributed by atoms with Gasteiger partial charge in [-0.1, -0.05) is 6.07 Å². The number of nitrogens with one attached hydrogen (secondary N) is 1. The van der Waals surface area contributed by atoms with Crippen LogP contribution < -0.4 is 15.8 Å². The molecule has 92 valence electrons. The summed E-state index contributed by atoms with van der Waals surface area (Å²) < 4.78 is 5.30. The Morgan fingerprint density at radius 3 is 2.94 bits per heavy atom. The van der Waals surface area contributed by atoms with Gasteiger partial charge in [0, 0.05) is 6.42 Å². The highest BCUT2D eigenvalue weighted by atomic mass is 16.5. The molecule has 1 amide bonds. The Kier molecular flexibility index (Phi) is 3.33. The molecule has 1 heterocycles. The van der Waals surface area contributed by atoms with Gasteiger partial charge >= 0.3 is 0 Å². The quantitative estimate of drug-likeness (QED) is 0.837. The molecule has 4 heteroatoms. The first-order valence-electron chi connectivity index (χ1n) is 5.84. The number of benzene rings is 1. The molecule has 0 aliphatic carbocycles. The van der Waals surface area contributed by atoms with Crippen molar-refractivity contribution in [2.75, 3.05) is 19.0 Å². The van der Waals surface area contributed by atoms with Crippen LogP contribution in [-0.2, 0) is 4.79 Å². The highest BCUT2D eigenvalue weighted by Gasteiger charge is 2.28. The Bertz CT molecular complexity index is 443. The Balaban J connectivity index is 2.52. The van der Waals surface area contributed by atoms with Gasteiger partial charge in [-0.3, -0.25) is 4.79 Å². The number of carbonyl (C=O) groups excluding carboxylic acids is 1. The molecule has 3 N–H and O–H groups in total. The zero-order valence-electron chi connectivity index (χ0n) is 10.2. The highest BCUT2D eigenvalue weighted by molar-refractivity contribution is 5.96. The zero-order valence-corrected chi connectivity index (χ0v) is 10.2. The maximum absolute atomic E-state index is 11.7. The van der Waals surface area contributed by atoms with E-state index in [4.69, 9.17) is 10.5 Å². The van der Waals surface area contributed by atoms with Crippen LogP contribution >= 0.6 is 0 Å². The zero-order chi connectivity index (χ0) is 12.4. The molecule has 17 heavy (non-hydrogen) atoms. The number of nitrogens with two attached hydrogens (primary N) is 1. The van der Waals surface area contributed by atoms with E-state index in [9.17, 15) is 4.79 Å². The van der Waals surface area contributed by atoms with Crippen LogP contribution in [0.5, 0.6) is 5.75 Å². The van der Waals surface area contributed by atoms with E-state index in [-0.39, 0.29) is 11.8 Å². The number of anilines is 1. The standard InChI is InChI=1S/C13H18N2O2/c1-8-3-4-10(17-2)13-12(8)9(5-6-14)7-11(16)15-13/h3-4,9H,5-7,14H2,1-2H3,(H,15,16). The highest BCUT2D eigenvalue weighted by Crippen LogP contribution is 2.41. The molecule has 1 aromatic rings. The Morgan fingerprint density at radius 2 is 2.29 bits per heavy atom. The van der Waals surface area contributed by atoms with Crippen molar-refractivity contribution in [3.63, 3.8) is 0 Å². The second-order valence-corrected chi connectivity index (χ2v) is 4.40. The fourth-order valence-electron chi connectivity index (χ4n) is 2.49. The number of hydrogen-bond donors (Lipinski definition) is 2. The average Bonchev–Trinajstić information content (AvgIpc) is 2.29. The van der Waals surface area contributed by atoms with E-state index >= 15 is 0 Å². The predicted octanol–water partition coefficient (Wildman–Crippen LogP) is 1.78. The summed E-state index contributed by atoms with van der Waals surface area (Å²) in [6.07, 6.45) is 1.34. The van der Waals surface area contributed by atoms with Gasteiger partial charge in [0.2, 0.25) is 5.91 Å². The van der Waals surface area contributed by atoms with Gasteiger partial charge in [0.25, 0.3) is 0 Å². The van der Waals surface area contributed by atoms with Gasteiger partial charge in [-0.05, 0) is 43.0 Å². The van der Waals surface area contributed by atoms with Gasteiger partial charge in [-0.15, -0.1) is 0 Å². The molecule has 1 aliphatic rings. The molecule has 0 radical (unpaired) electrons. The summed E-state index contributed by atoms with van der Waals surface area (Å²) in [5.74, 6) is 0.972. The molecule has 0 fully saturated rings. The molecular formula is C13H18N2O2. The molecule has 1 unspecified atom stereocenters. The van der Waals surface area contributed by atoms with E-state index in [1.807, 2.05) is 12.1 Å². The van der Waals surface area contributed by atoms with Gasteiger partial charge < -0.3 is 15.8 Å². The maximum Gasteiger partial charge on any atom is 0.225 e. The summed E-state index contributed by atoms with van der Waals surface area (Å²) >= 11 is 0. The van der Waals surface area contributed by atoms with Crippen LogP contribution in [0.15, 0.2) is 12.1 Å². The number of carbonyl (C=O) groups is 1. The van der Waals surface area contributed by atoms with E-state index in [0.717, 1.165) is 17.9 Å². The molecule has 2 rings (SSSR count). The molecule has 0 spiro atoms. The Morgan fingerprint density at radius 1 is 1.53 bits per heavy atom. The largest absolute Gasteiger partial charge is 0.495 e. The number of fused-ring (bicyclic) bond motifs is 1. The number of methoxy groups -OCH3 is 1. The van der Waals surface area contributed by atoms with Crippen LogP contribution in [0, 0.1) is 6.92 Å². The first kappa shape index (κ1) is 11.9. The first-order valence-corrected chi connectivity index (χ1v) is 5.84. The number of ether oxygens (including phenoxy) is 1. The molecule has 1 aliphatic heterocycles. The van der Waals surface area contributed by atoms with E-state index in [0.29, 0.717) is 13.0 Å². The van der Waals surface area contributed by atoms with Gasteiger partial charge in [-0.25, -0.2) is 0 Å². The summed E-state index contributed by atoms with van der Waals surface area (Å²) in [6, 6.07) is 3.91. The van der Waals surface area contributed by atoms with E-state index < -0.39 is 0 Å². The molecule has 4 nitrogen and oxygen atoms in total. The fourth-order valence-corrected chi connectivity index (χ4v) is 2.49. The lowest BCUT2D eigenvalue weighted by atomic mass is 9.85. The van der Waals surface area contributed by atoms with Crippen LogP contribution in [0.25, 0.3) is 0 Å². The maximum atomic E-state index is 11.7. The monoisotopic (exact) mass is 234 g/mol. The van der Waals surface area contributed by atoms with Crippen molar-refractivity contribution >= 4 is 11.6 Å². The minimum atomic E-state index is 0.0415. The summed E-state index contributed by atoms with van der Waals surface area (Å²) in [7, 11) is 1.61. The van der Waals surface area contributed by atoms with Crippen molar-refractivity contribution in [3.8, 4) is 5.75 Å². The van der Waals surface area contributed by atoms with Crippen molar-refractivity contribution in [1.29, 1.82) is 0 Å². The van der Waals surface area contributed by atoms with Crippen molar-refractivity contribution in [3.05, 3.63) is 23.3 Å². The van der Waals surface area contributed by atoms with Crippen molar-refractivity contribution in [1.82, 2.24) is 0 Å². The summed E-state index contributed by atoms with van der Waals surface area (Å²) in [6.45, 7) is 2.65. The summed E-state index contributed by atoms with van der Waals surface area (Å²) in [4.78, 5) is 11.7. The molecule has 1 aromatic carbocycles. The number of amides is 1. The number of rotatable bonds is 3. The second-order valence-electron chi connectivity index (χ2n) is 4.40. The lowest BCUT2D eigenvalue weighted by Gasteiger charge is -2.28. The smallest absolute Gasteiger partial charge is 0.225 e. The van der Waals surface area contributed by atoms with Crippen molar-refractivity contribution in [2.24, 2.45) is 5.73 Å². The Hall–Kier alpha value is -1.55. The molecule has 0 aromatic heterocycles. The molecule has 0 saturated heterocycles. The van der Waals surface area contributed by atoms with Gasteiger partial charge in [-0.2, -0.15) is 0 Å². The molecular weight excluding hydrogens is 216 g/mol. The Labute approximate surface area is 101 Å². The van der Waals surface area contributed by atoms with E-state index in [2.05, 4.69) is 12.2 Å². The lowest BCUT2D eigenvalue weighted by molar-refractivity contribution is -0.116. The van der Waals surface area contributed by atoms with Crippen LogP contribution in [0.3, 0.4) is 0 Å². The lowest BCUT2D eigenvalue weighted by Crippen LogP contribution is -2.25. The first-order chi connectivity index (χ1) is 8.17. The average molecular weight is 234 g/mol. The fraction of sp³-hybridized carbons (Fsp3) is 0.462. The second kappa shape index (κ2) is 4.75. The number of hydrogen-bond acceptors (Lipinski definition) is 3. The minimum Gasteiger partial charge on any atom is -0.495 e. The predicted molar refractivity (Wildman–Crippen MR) is 67.4 cm³/mol. The molecule has 1 atom stereocenters. The van der Waals surface area contributed by atoms with Gasteiger partial charge in [0.1, 0.15) is 5.75 Å². The minimum absolute atomic E-state index is 0.0415. The normalized spacial score (nSPS) is 18.5. The third-order valence-corrected chi connectivity index (χ3v) is 3.26. The van der Waals surface area contributed by atoms with E-state index in [1.54, 1.807) is 7.11 Å². The van der Waals surface area contributed by atoms with Crippen molar-refractivity contribution < 1.29 is 9.53 Å². The molecule has 0 saturated carbocycles. The van der Waals surface area contributed by atoms with E-state index in [1.165, 1.54) is 11.1 Å². The third kappa shape index (κ3) is 2.13. The van der Waals surface area contributed by atoms with Gasteiger partial charge in [0.05, 0.1) is 12.8 Å². The van der Waals surface area contributed by atoms with Crippen LogP contribution in [-0.4, -0.2) is 19.6 Å². The topological polar surface area (TPSA) is 64.3 Å². The third-order valence-electron chi connectivity index (χ3n) is 3.26.